The van der Waals surface area contributed by atoms with Gasteiger partial charge < -0.3 is 30.6 Å². The van der Waals surface area contributed by atoms with Crippen molar-refractivity contribution in [1.82, 2.24) is 10.3 Å². The molecular weight excluding hydrogens is 628 g/mol. The lowest BCUT2D eigenvalue weighted by molar-refractivity contribution is 0.0594. The van der Waals surface area contributed by atoms with Gasteiger partial charge in [-0.1, -0.05) is 39.2 Å². The van der Waals surface area contributed by atoms with Crippen molar-refractivity contribution in [3.8, 4) is 33.1 Å². The molecule has 1 aliphatic heterocycles. The van der Waals surface area contributed by atoms with Gasteiger partial charge in [-0.15, -0.1) is 11.3 Å². The minimum atomic E-state index is -0.742. The molecule has 0 saturated carbocycles. The minimum absolute atomic E-state index is 0.0635. The highest BCUT2D eigenvalue weighted by atomic mass is 32.1. The lowest BCUT2D eigenvalue weighted by Crippen LogP contribution is -2.26. The number of fused-ring (bicyclic) bond motifs is 3. The second kappa shape index (κ2) is 16.4. The number of carbonyl (C=O) groups excluding carboxylic acids is 3. The summed E-state index contributed by atoms with van der Waals surface area (Å²) >= 11 is 1.58. The maximum absolute atomic E-state index is 14.4. The van der Waals surface area contributed by atoms with Crippen molar-refractivity contribution < 1.29 is 28.6 Å². The number of unbranched alkanes of at least 4 members (excludes halogenated alkanes) is 3. The van der Waals surface area contributed by atoms with E-state index in [1.807, 2.05) is 24.4 Å². The van der Waals surface area contributed by atoms with Gasteiger partial charge in [-0.2, -0.15) is 0 Å². The first-order valence-corrected chi connectivity index (χ1v) is 17.3. The molecule has 2 aromatic heterocycles. The number of thiophene rings is 1. The molecule has 0 bridgehead atoms. The van der Waals surface area contributed by atoms with Gasteiger partial charge in [0.1, 0.15) is 17.2 Å². The Kier molecular flexibility index (Phi) is 11.8. The number of amides is 2. The van der Waals surface area contributed by atoms with Crippen LogP contribution in [0.25, 0.3) is 21.6 Å². The smallest absolute Gasteiger partial charge is 0.357 e. The molecule has 4 aromatic rings. The van der Waals surface area contributed by atoms with E-state index in [0.29, 0.717) is 61.0 Å². The maximum atomic E-state index is 14.4. The van der Waals surface area contributed by atoms with E-state index in [1.165, 1.54) is 13.2 Å². The molecule has 10 nitrogen and oxygen atoms in total. The highest BCUT2D eigenvalue weighted by molar-refractivity contribution is 7.13. The lowest BCUT2D eigenvalue weighted by Gasteiger charge is -2.18. The van der Waals surface area contributed by atoms with Crippen LogP contribution < -0.4 is 25.8 Å². The maximum Gasteiger partial charge on any atom is 0.357 e. The Labute approximate surface area is 285 Å². The fourth-order valence-electron chi connectivity index (χ4n) is 5.53. The molecule has 5 rings (SSSR count). The molecule has 48 heavy (non-hydrogen) atoms. The number of nitrogens with zero attached hydrogens (tertiary/aromatic N) is 1. The van der Waals surface area contributed by atoms with Gasteiger partial charge in [0.2, 0.25) is 0 Å². The van der Waals surface area contributed by atoms with Crippen molar-refractivity contribution >= 4 is 34.8 Å². The van der Waals surface area contributed by atoms with E-state index in [-0.39, 0.29) is 17.0 Å². The summed E-state index contributed by atoms with van der Waals surface area (Å²) in [5.41, 5.74) is 10.2. The third kappa shape index (κ3) is 7.86. The number of rotatable bonds is 14. The zero-order valence-electron chi connectivity index (χ0n) is 27.6. The van der Waals surface area contributed by atoms with E-state index in [4.69, 9.17) is 19.9 Å². The summed E-state index contributed by atoms with van der Waals surface area (Å²) in [6.45, 7) is 5.85. The number of ether oxygens (including phenoxy) is 3. The third-order valence-electron chi connectivity index (χ3n) is 8.10. The van der Waals surface area contributed by atoms with Crippen molar-refractivity contribution in [2.24, 2.45) is 5.73 Å². The Hall–Kier alpha value is -4.74. The number of benzene rings is 2. The molecule has 0 unspecified atom stereocenters. The number of aromatic nitrogens is 1. The molecule has 0 aliphatic carbocycles. The van der Waals surface area contributed by atoms with Gasteiger partial charge in [0.15, 0.2) is 5.69 Å². The van der Waals surface area contributed by atoms with E-state index < -0.39 is 17.8 Å². The topological polar surface area (TPSA) is 142 Å². The summed E-state index contributed by atoms with van der Waals surface area (Å²) in [7, 11) is 1.25. The van der Waals surface area contributed by atoms with Crippen molar-refractivity contribution in [3.05, 3.63) is 82.0 Å². The monoisotopic (exact) mass is 670 g/mol. The SMILES string of the molecule is CCCCCCOc1cc(CN)ccc1NC(=O)c1cc2c(cc1-c1ccc(C(=O)NCCC)nc1C(=O)OC)OCCc1ccsc1-2. The van der Waals surface area contributed by atoms with E-state index in [9.17, 15) is 14.4 Å². The summed E-state index contributed by atoms with van der Waals surface area (Å²) < 4.78 is 17.4. The van der Waals surface area contributed by atoms with Crippen LogP contribution in [0, 0.1) is 0 Å². The summed E-state index contributed by atoms with van der Waals surface area (Å²) in [6.07, 6.45) is 5.64. The second-order valence-electron chi connectivity index (χ2n) is 11.5. The molecule has 3 heterocycles. The van der Waals surface area contributed by atoms with Crippen LogP contribution in [0.15, 0.2) is 53.9 Å². The van der Waals surface area contributed by atoms with Crippen LogP contribution in [0.4, 0.5) is 5.69 Å². The van der Waals surface area contributed by atoms with Crippen LogP contribution in [0.1, 0.15) is 88.4 Å². The Bertz CT molecular complexity index is 1790. The summed E-state index contributed by atoms with van der Waals surface area (Å²) in [6, 6.07) is 14.3. The third-order valence-corrected chi connectivity index (χ3v) is 9.09. The zero-order chi connectivity index (χ0) is 34.0. The zero-order valence-corrected chi connectivity index (χ0v) is 28.5. The highest BCUT2D eigenvalue weighted by Crippen LogP contribution is 2.43. The number of anilines is 1. The number of nitrogens with one attached hydrogen (secondary N) is 2. The predicted octanol–water partition coefficient (Wildman–Crippen LogP) is 7.01. The highest BCUT2D eigenvalue weighted by Gasteiger charge is 2.27. The molecule has 1 aliphatic rings. The first-order chi connectivity index (χ1) is 23.4. The van der Waals surface area contributed by atoms with Crippen LogP contribution in [-0.4, -0.2) is 49.6 Å². The first-order valence-electron chi connectivity index (χ1n) is 16.4. The second-order valence-corrected chi connectivity index (χ2v) is 12.4. The van der Waals surface area contributed by atoms with Gasteiger partial charge in [0.05, 0.1) is 26.0 Å². The molecule has 0 atom stereocenters. The largest absolute Gasteiger partial charge is 0.493 e. The van der Waals surface area contributed by atoms with Gasteiger partial charge in [-0.25, -0.2) is 9.78 Å². The molecule has 2 aromatic carbocycles. The van der Waals surface area contributed by atoms with E-state index >= 15 is 0 Å². The van der Waals surface area contributed by atoms with E-state index in [2.05, 4.69) is 28.6 Å². The van der Waals surface area contributed by atoms with Crippen LogP contribution in [0.5, 0.6) is 11.5 Å². The van der Waals surface area contributed by atoms with Gasteiger partial charge in [-0.3, -0.25) is 9.59 Å². The number of pyridine rings is 1. The van der Waals surface area contributed by atoms with Crippen molar-refractivity contribution in [1.29, 1.82) is 0 Å². The molecule has 0 saturated heterocycles. The summed E-state index contributed by atoms with van der Waals surface area (Å²) in [4.78, 5) is 45.7. The fourth-order valence-corrected chi connectivity index (χ4v) is 6.50. The molecule has 0 radical (unpaired) electrons. The number of hydrogen-bond donors (Lipinski definition) is 3. The Morgan fingerprint density at radius 2 is 1.81 bits per heavy atom. The van der Waals surface area contributed by atoms with Crippen LogP contribution in [0.3, 0.4) is 0 Å². The number of esters is 1. The van der Waals surface area contributed by atoms with Gasteiger partial charge in [0.25, 0.3) is 11.8 Å². The first kappa shape index (κ1) is 34.6. The lowest BCUT2D eigenvalue weighted by atomic mass is 9.93. The number of hydrogen-bond acceptors (Lipinski definition) is 9. The Morgan fingerprint density at radius 1 is 0.958 bits per heavy atom. The molecule has 4 N–H and O–H groups in total. The fraction of sp³-hybridized carbons (Fsp3) is 0.351. The van der Waals surface area contributed by atoms with Gasteiger partial charge in [-0.05, 0) is 71.8 Å². The number of methoxy groups -OCH3 is 1. The van der Waals surface area contributed by atoms with Crippen LogP contribution in [0.2, 0.25) is 0 Å². The van der Waals surface area contributed by atoms with Crippen LogP contribution >= 0.6 is 11.3 Å². The predicted molar refractivity (Wildman–Crippen MR) is 188 cm³/mol. The van der Waals surface area contributed by atoms with Crippen molar-refractivity contribution in [2.75, 3.05) is 32.2 Å². The minimum Gasteiger partial charge on any atom is -0.493 e. The Balaban J connectivity index is 1.61. The Morgan fingerprint density at radius 3 is 2.58 bits per heavy atom. The normalized spacial score (nSPS) is 11.8. The van der Waals surface area contributed by atoms with Gasteiger partial charge in [0, 0.05) is 46.6 Å². The molecule has 0 fully saturated rings. The molecule has 252 valence electrons. The van der Waals surface area contributed by atoms with Crippen molar-refractivity contribution in [2.45, 2.75) is 58.9 Å². The molecular formula is C37H42N4O6S. The number of carbonyl (C=O) groups is 3. The number of nitrogens with two attached hydrogens (primary N) is 1. The summed E-state index contributed by atoms with van der Waals surface area (Å²) in [5, 5.41) is 7.86. The van der Waals surface area contributed by atoms with Crippen molar-refractivity contribution in [3.63, 3.8) is 0 Å². The molecule has 0 spiro atoms. The molecule has 11 heteroatoms. The standard InChI is InChI=1S/C37H42N4O6S/c1-4-6-7-8-16-46-32-19-23(22-38)9-11-29(32)41-35(42)27-20-28-31(47-17-13-24-14-18-48-34(24)28)21-26(27)25-10-12-30(36(43)39-15-5-2)40-33(25)37(44)45-3/h9-12,14,18-21H,4-8,13,15-17,22,38H2,1-3H3,(H,39,43)(H,41,42). The van der Waals surface area contributed by atoms with E-state index in [0.717, 1.165) is 53.7 Å². The molecule has 2 amide bonds. The average Bonchev–Trinajstić information content (AvgIpc) is 3.51. The quantitative estimate of drug-likeness (QED) is 0.0961. The van der Waals surface area contributed by atoms with Crippen LogP contribution in [-0.2, 0) is 17.7 Å². The van der Waals surface area contributed by atoms with Gasteiger partial charge >= 0.3 is 5.97 Å². The summed E-state index contributed by atoms with van der Waals surface area (Å²) in [5.74, 6) is -0.472. The average molecular weight is 671 g/mol. The van der Waals surface area contributed by atoms with E-state index in [1.54, 1.807) is 35.6 Å².